The Balaban J connectivity index is 1.97. The highest BCUT2D eigenvalue weighted by atomic mass is 35.5. The van der Waals surface area contributed by atoms with Crippen LogP contribution in [0.2, 0.25) is 5.02 Å². The molecule has 0 fully saturated rings. The smallest absolute Gasteiger partial charge is 0.244 e. The third kappa shape index (κ3) is 6.74. The van der Waals surface area contributed by atoms with Gasteiger partial charge in [-0.05, 0) is 42.5 Å². The predicted octanol–water partition coefficient (Wildman–Crippen LogP) is 4.20. The number of amides is 2. The van der Waals surface area contributed by atoms with E-state index in [2.05, 4.69) is 5.32 Å². The van der Waals surface area contributed by atoms with Crippen LogP contribution in [0.1, 0.15) is 25.8 Å². The predicted molar refractivity (Wildman–Crippen MR) is 141 cm³/mol. The van der Waals surface area contributed by atoms with E-state index < -0.39 is 28.5 Å². The molecule has 0 heterocycles. The van der Waals surface area contributed by atoms with Crippen LogP contribution in [0.5, 0.6) is 0 Å². The highest BCUT2D eigenvalue weighted by Gasteiger charge is 2.30. The Kier molecular flexibility index (Phi) is 8.75. The highest BCUT2D eigenvalue weighted by molar-refractivity contribution is 7.92. The van der Waals surface area contributed by atoms with Crippen LogP contribution in [0.25, 0.3) is 10.8 Å². The van der Waals surface area contributed by atoms with Gasteiger partial charge in [-0.3, -0.25) is 13.9 Å². The fraction of sp³-hybridized carbons (Fsp3) is 0.308. The molecule has 0 aliphatic rings. The number of fused-ring (bicyclic) bond motifs is 1. The molecule has 0 aromatic heterocycles. The number of hydrogen-bond donors (Lipinski definition) is 1. The largest absolute Gasteiger partial charge is 0.354 e. The van der Waals surface area contributed by atoms with E-state index in [9.17, 15) is 18.0 Å². The SMILES string of the molecule is CCCNC(=O)[C@@H](C)N(Cc1ccc(Cl)cc1)C(=O)CN(c1cccc2ccccc12)S(C)(=O)=O. The summed E-state index contributed by atoms with van der Waals surface area (Å²) in [6.45, 7) is 3.75. The minimum Gasteiger partial charge on any atom is -0.354 e. The molecule has 0 spiro atoms. The molecule has 0 bridgehead atoms. The van der Waals surface area contributed by atoms with Crippen molar-refractivity contribution >= 4 is 49.9 Å². The summed E-state index contributed by atoms with van der Waals surface area (Å²) < 4.78 is 26.8. The number of halogens is 1. The number of hydrogen-bond acceptors (Lipinski definition) is 4. The molecule has 0 aliphatic heterocycles. The molecule has 3 aromatic carbocycles. The summed E-state index contributed by atoms with van der Waals surface area (Å²) in [6.07, 6.45) is 1.83. The van der Waals surface area contributed by atoms with Crippen molar-refractivity contribution < 1.29 is 18.0 Å². The van der Waals surface area contributed by atoms with Crippen LogP contribution in [0.3, 0.4) is 0 Å². The lowest BCUT2D eigenvalue weighted by atomic mass is 10.1. The van der Waals surface area contributed by atoms with Gasteiger partial charge in [-0.1, -0.05) is 67.1 Å². The molecule has 7 nitrogen and oxygen atoms in total. The number of nitrogens with zero attached hydrogens (tertiary/aromatic N) is 2. The molecule has 186 valence electrons. The lowest BCUT2D eigenvalue weighted by molar-refractivity contribution is -0.139. The van der Waals surface area contributed by atoms with Crippen LogP contribution in [-0.4, -0.2) is 50.5 Å². The van der Waals surface area contributed by atoms with Gasteiger partial charge in [0.25, 0.3) is 0 Å². The first kappa shape index (κ1) is 26.5. The number of anilines is 1. The molecule has 1 N–H and O–H groups in total. The Morgan fingerprint density at radius 1 is 1.00 bits per heavy atom. The number of carbonyl (C=O) groups is 2. The second-order valence-electron chi connectivity index (χ2n) is 8.38. The molecule has 9 heteroatoms. The first-order valence-electron chi connectivity index (χ1n) is 11.4. The molecule has 0 saturated heterocycles. The average molecular weight is 516 g/mol. The van der Waals surface area contributed by atoms with Crippen LogP contribution >= 0.6 is 11.6 Å². The van der Waals surface area contributed by atoms with Crippen molar-refractivity contribution in [3.05, 3.63) is 77.3 Å². The fourth-order valence-corrected chi connectivity index (χ4v) is 4.77. The van der Waals surface area contributed by atoms with Gasteiger partial charge in [0, 0.05) is 23.5 Å². The Morgan fingerprint density at radius 3 is 2.31 bits per heavy atom. The third-order valence-corrected chi connectivity index (χ3v) is 7.08. The molecule has 0 unspecified atom stereocenters. The second kappa shape index (κ2) is 11.6. The first-order chi connectivity index (χ1) is 16.6. The van der Waals surface area contributed by atoms with E-state index in [4.69, 9.17) is 11.6 Å². The average Bonchev–Trinajstić information content (AvgIpc) is 2.84. The lowest BCUT2D eigenvalue weighted by Gasteiger charge is -2.31. The molecule has 3 rings (SSSR count). The summed E-state index contributed by atoms with van der Waals surface area (Å²) in [6, 6.07) is 18.9. The van der Waals surface area contributed by atoms with Crippen LogP contribution in [0, 0.1) is 0 Å². The highest BCUT2D eigenvalue weighted by Crippen LogP contribution is 2.28. The van der Waals surface area contributed by atoms with Gasteiger partial charge in [-0.2, -0.15) is 0 Å². The van der Waals surface area contributed by atoms with Crippen molar-refractivity contribution in [3.63, 3.8) is 0 Å². The minimum atomic E-state index is -3.81. The van der Waals surface area contributed by atoms with Crippen LogP contribution in [0.4, 0.5) is 5.69 Å². The Bertz CT molecular complexity index is 1290. The topological polar surface area (TPSA) is 86.8 Å². The van der Waals surface area contributed by atoms with E-state index in [1.54, 1.807) is 43.3 Å². The van der Waals surface area contributed by atoms with Gasteiger partial charge in [-0.15, -0.1) is 0 Å². The van der Waals surface area contributed by atoms with Crippen LogP contribution in [-0.2, 0) is 26.2 Å². The van der Waals surface area contributed by atoms with E-state index in [1.807, 2.05) is 37.3 Å². The quantitative estimate of drug-likeness (QED) is 0.438. The molecule has 0 saturated carbocycles. The summed E-state index contributed by atoms with van der Waals surface area (Å²) in [7, 11) is -3.81. The molecule has 0 aliphatic carbocycles. The number of rotatable bonds is 10. The summed E-state index contributed by atoms with van der Waals surface area (Å²) in [5, 5.41) is 4.94. The van der Waals surface area contributed by atoms with E-state index in [0.717, 1.165) is 27.9 Å². The van der Waals surface area contributed by atoms with Crippen molar-refractivity contribution in [2.75, 3.05) is 23.7 Å². The van der Waals surface area contributed by atoms with Gasteiger partial charge < -0.3 is 10.2 Å². The van der Waals surface area contributed by atoms with Gasteiger partial charge in [0.2, 0.25) is 21.8 Å². The maximum Gasteiger partial charge on any atom is 0.244 e. The molecule has 2 amide bonds. The number of carbonyl (C=O) groups excluding carboxylic acids is 2. The molecular weight excluding hydrogens is 486 g/mol. The van der Waals surface area contributed by atoms with Crippen molar-refractivity contribution in [3.8, 4) is 0 Å². The third-order valence-electron chi connectivity index (χ3n) is 5.70. The summed E-state index contributed by atoms with van der Waals surface area (Å²) in [4.78, 5) is 27.8. The van der Waals surface area contributed by atoms with E-state index >= 15 is 0 Å². The number of nitrogens with one attached hydrogen (secondary N) is 1. The standard InChI is InChI=1S/C26H30ClN3O4S/c1-4-16-28-26(32)19(2)29(17-20-12-14-22(27)15-13-20)25(31)18-30(35(3,33)34)24-11-7-9-21-8-5-6-10-23(21)24/h5-15,19H,4,16-18H2,1-3H3,(H,28,32)/t19-/m1/s1. The minimum absolute atomic E-state index is 0.129. The Labute approximate surface area is 211 Å². The molecule has 0 radical (unpaired) electrons. The van der Waals surface area contributed by atoms with Gasteiger partial charge in [0.05, 0.1) is 11.9 Å². The number of benzene rings is 3. The van der Waals surface area contributed by atoms with Crippen molar-refractivity contribution in [1.29, 1.82) is 0 Å². The van der Waals surface area contributed by atoms with Crippen molar-refractivity contribution in [1.82, 2.24) is 10.2 Å². The van der Waals surface area contributed by atoms with Gasteiger partial charge in [0.1, 0.15) is 12.6 Å². The van der Waals surface area contributed by atoms with Gasteiger partial charge >= 0.3 is 0 Å². The summed E-state index contributed by atoms with van der Waals surface area (Å²) in [5.74, 6) is -0.789. The zero-order chi connectivity index (χ0) is 25.6. The molecule has 35 heavy (non-hydrogen) atoms. The van der Waals surface area contributed by atoms with E-state index in [1.165, 1.54) is 4.90 Å². The second-order valence-corrected chi connectivity index (χ2v) is 10.7. The van der Waals surface area contributed by atoms with Crippen molar-refractivity contribution in [2.24, 2.45) is 0 Å². The van der Waals surface area contributed by atoms with Crippen molar-refractivity contribution in [2.45, 2.75) is 32.9 Å². The number of sulfonamides is 1. The monoisotopic (exact) mass is 515 g/mol. The summed E-state index contributed by atoms with van der Waals surface area (Å²) >= 11 is 6.00. The normalized spacial score (nSPS) is 12.2. The first-order valence-corrected chi connectivity index (χ1v) is 13.6. The maximum absolute atomic E-state index is 13.6. The zero-order valence-electron chi connectivity index (χ0n) is 20.1. The molecule has 1 atom stereocenters. The van der Waals surface area contributed by atoms with Gasteiger partial charge in [-0.25, -0.2) is 8.42 Å². The Hall–Kier alpha value is -3.10. The van der Waals surface area contributed by atoms with Crippen LogP contribution in [0.15, 0.2) is 66.7 Å². The summed E-state index contributed by atoms with van der Waals surface area (Å²) in [5.41, 5.74) is 1.18. The molecule has 3 aromatic rings. The Morgan fingerprint density at radius 2 is 1.66 bits per heavy atom. The van der Waals surface area contributed by atoms with Gasteiger partial charge in [0.15, 0.2) is 0 Å². The fourth-order valence-electron chi connectivity index (χ4n) is 3.79. The zero-order valence-corrected chi connectivity index (χ0v) is 21.6. The van der Waals surface area contributed by atoms with E-state index in [0.29, 0.717) is 22.6 Å². The van der Waals surface area contributed by atoms with Crippen LogP contribution < -0.4 is 9.62 Å². The van der Waals surface area contributed by atoms with E-state index in [-0.39, 0.29) is 12.5 Å². The molecular formula is C26H30ClN3O4S. The maximum atomic E-state index is 13.6. The lowest BCUT2D eigenvalue weighted by Crippen LogP contribution is -2.51.